The lowest BCUT2D eigenvalue weighted by Crippen LogP contribution is -2.41. The molecule has 1 amide bonds. The van der Waals surface area contributed by atoms with Crippen LogP contribution >= 0.6 is 0 Å². The van der Waals surface area contributed by atoms with Gasteiger partial charge in [0.2, 0.25) is 5.91 Å². The zero-order chi connectivity index (χ0) is 23.1. The highest BCUT2D eigenvalue weighted by atomic mass is 32.2. The molecule has 0 aliphatic rings. The number of rotatable bonds is 10. The molecule has 0 aliphatic heterocycles. The number of carbonyl (C=O) groups is 1. The highest BCUT2D eigenvalue weighted by Crippen LogP contribution is 2.26. The van der Waals surface area contributed by atoms with E-state index >= 15 is 0 Å². The van der Waals surface area contributed by atoms with Crippen molar-refractivity contribution in [1.29, 1.82) is 0 Å². The molecule has 0 radical (unpaired) electrons. The molecule has 0 atom stereocenters. The number of benzene rings is 2. The maximum Gasteiger partial charge on any atom is 0.264 e. The van der Waals surface area contributed by atoms with E-state index in [1.807, 2.05) is 29.8 Å². The molecule has 1 heterocycles. The average Bonchev–Trinajstić information content (AvgIpc) is 3.29. The Morgan fingerprint density at radius 2 is 1.78 bits per heavy atom. The Labute approximate surface area is 190 Å². The number of aryl methyl sites for hydroxylation is 2. The number of anilines is 1. The van der Waals surface area contributed by atoms with Gasteiger partial charge < -0.3 is 9.88 Å². The van der Waals surface area contributed by atoms with Gasteiger partial charge in [0.25, 0.3) is 10.0 Å². The molecule has 32 heavy (non-hydrogen) atoms. The van der Waals surface area contributed by atoms with Crippen molar-refractivity contribution < 1.29 is 13.2 Å². The van der Waals surface area contributed by atoms with Crippen molar-refractivity contribution >= 4 is 21.6 Å². The molecule has 0 unspecified atom stereocenters. The Morgan fingerprint density at radius 1 is 1.09 bits per heavy atom. The van der Waals surface area contributed by atoms with E-state index in [1.54, 1.807) is 48.9 Å². The minimum Gasteiger partial charge on any atom is -0.354 e. The van der Waals surface area contributed by atoms with Gasteiger partial charge in [0.05, 0.1) is 16.9 Å². The van der Waals surface area contributed by atoms with Crippen LogP contribution in [0.4, 0.5) is 5.69 Å². The van der Waals surface area contributed by atoms with Crippen LogP contribution in [-0.4, -0.2) is 37.0 Å². The molecule has 0 spiro atoms. The summed E-state index contributed by atoms with van der Waals surface area (Å²) in [4.78, 5) is 16.8. The number of sulfonamides is 1. The molecule has 7 nitrogen and oxygen atoms in total. The number of imidazole rings is 1. The Bertz CT molecular complexity index is 1110. The third kappa shape index (κ3) is 5.97. The first-order chi connectivity index (χ1) is 15.3. The molecule has 0 fully saturated rings. The third-order valence-corrected chi connectivity index (χ3v) is 7.01. The van der Waals surface area contributed by atoms with E-state index < -0.39 is 10.0 Å². The number of nitrogens with one attached hydrogen (secondary N) is 1. The van der Waals surface area contributed by atoms with Gasteiger partial charge in [-0.25, -0.2) is 13.4 Å². The van der Waals surface area contributed by atoms with Gasteiger partial charge in [-0.15, -0.1) is 0 Å². The van der Waals surface area contributed by atoms with Crippen LogP contribution in [0.1, 0.15) is 37.3 Å². The van der Waals surface area contributed by atoms with Gasteiger partial charge in [0.1, 0.15) is 6.54 Å². The number of aromatic nitrogens is 2. The lowest BCUT2D eigenvalue weighted by atomic mass is 10.0. The second kappa shape index (κ2) is 10.5. The largest absolute Gasteiger partial charge is 0.354 e. The molecule has 170 valence electrons. The summed E-state index contributed by atoms with van der Waals surface area (Å²) in [5.74, 6) is -0.0238. The highest BCUT2D eigenvalue weighted by Gasteiger charge is 2.27. The van der Waals surface area contributed by atoms with Crippen LogP contribution in [0.3, 0.4) is 0 Å². The average molecular weight is 455 g/mol. The molecular weight excluding hydrogens is 424 g/mol. The number of carbonyl (C=O) groups excluding carboxylic acids is 1. The molecule has 8 heteroatoms. The van der Waals surface area contributed by atoms with E-state index in [4.69, 9.17) is 0 Å². The summed E-state index contributed by atoms with van der Waals surface area (Å²) in [6.45, 7) is 6.93. The van der Waals surface area contributed by atoms with Crippen molar-refractivity contribution in [3.05, 3.63) is 78.4 Å². The fourth-order valence-electron chi connectivity index (χ4n) is 3.27. The predicted octanol–water partition coefficient (Wildman–Crippen LogP) is 3.72. The van der Waals surface area contributed by atoms with Gasteiger partial charge in [0, 0.05) is 25.5 Å². The molecule has 0 saturated carbocycles. The van der Waals surface area contributed by atoms with Gasteiger partial charge in [0.15, 0.2) is 0 Å². The van der Waals surface area contributed by atoms with Crippen LogP contribution in [0.15, 0.2) is 72.1 Å². The smallest absolute Gasteiger partial charge is 0.264 e. The molecule has 0 aliphatic carbocycles. The molecule has 0 saturated heterocycles. The van der Waals surface area contributed by atoms with Crippen LogP contribution in [0, 0.1) is 6.92 Å². The molecule has 1 N–H and O–H groups in total. The van der Waals surface area contributed by atoms with Crippen molar-refractivity contribution in [2.24, 2.45) is 0 Å². The quantitative estimate of drug-likeness (QED) is 0.473. The van der Waals surface area contributed by atoms with E-state index in [-0.39, 0.29) is 17.3 Å². The topological polar surface area (TPSA) is 84.3 Å². The third-order valence-electron chi connectivity index (χ3n) is 5.22. The first kappa shape index (κ1) is 23.5. The molecule has 3 rings (SSSR count). The maximum absolute atomic E-state index is 13.4. The fourth-order valence-corrected chi connectivity index (χ4v) is 4.69. The Morgan fingerprint density at radius 3 is 2.38 bits per heavy atom. The molecule has 2 aromatic carbocycles. The normalized spacial score (nSPS) is 11.5. The van der Waals surface area contributed by atoms with Gasteiger partial charge in [-0.3, -0.25) is 9.10 Å². The maximum atomic E-state index is 13.4. The van der Waals surface area contributed by atoms with Crippen LogP contribution in [0.2, 0.25) is 0 Å². The standard InChI is InChI=1S/C24H30N4O3S/c1-19(2)21-7-9-22(10-8-21)28(32(30,31)23-11-5-20(3)6-12-23)17-24(29)26-13-4-15-27-16-14-25-18-27/h5-12,14,16,18-19H,4,13,15,17H2,1-3H3,(H,26,29). The van der Waals surface area contributed by atoms with Crippen LogP contribution in [-0.2, 0) is 21.4 Å². The van der Waals surface area contributed by atoms with Crippen LogP contribution in [0.5, 0.6) is 0 Å². The van der Waals surface area contributed by atoms with E-state index in [2.05, 4.69) is 24.1 Å². The van der Waals surface area contributed by atoms with Crippen molar-refractivity contribution in [2.75, 3.05) is 17.4 Å². The lowest BCUT2D eigenvalue weighted by molar-refractivity contribution is -0.119. The lowest BCUT2D eigenvalue weighted by Gasteiger charge is -2.24. The van der Waals surface area contributed by atoms with Crippen molar-refractivity contribution in [2.45, 2.75) is 44.6 Å². The van der Waals surface area contributed by atoms with Gasteiger partial charge in [-0.2, -0.15) is 0 Å². The molecular formula is C24H30N4O3S. The summed E-state index contributed by atoms with van der Waals surface area (Å²) >= 11 is 0. The fraction of sp³-hybridized carbons (Fsp3) is 0.333. The number of hydrogen-bond acceptors (Lipinski definition) is 4. The molecule has 0 bridgehead atoms. The molecule has 1 aromatic heterocycles. The highest BCUT2D eigenvalue weighted by molar-refractivity contribution is 7.92. The first-order valence-electron chi connectivity index (χ1n) is 10.7. The Kier molecular flexibility index (Phi) is 7.69. The van der Waals surface area contributed by atoms with Crippen molar-refractivity contribution in [3.63, 3.8) is 0 Å². The summed E-state index contributed by atoms with van der Waals surface area (Å²) in [5.41, 5.74) is 2.53. The monoisotopic (exact) mass is 454 g/mol. The SMILES string of the molecule is Cc1ccc(S(=O)(=O)N(CC(=O)NCCCn2ccnc2)c2ccc(C(C)C)cc2)cc1. The summed E-state index contributed by atoms with van der Waals surface area (Å²) in [5, 5.41) is 2.83. The van der Waals surface area contributed by atoms with Crippen LogP contribution in [0.25, 0.3) is 0 Å². The Balaban J connectivity index is 1.76. The van der Waals surface area contributed by atoms with E-state index in [1.165, 1.54) is 4.31 Å². The second-order valence-corrected chi connectivity index (χ2v) is 9.94. The van der Waals surface area contributed by atoms with Crippen molar-refractivity contribution in [1.82, 2.24) is 14.9 Å². The Hall–Kier alpha value is -3.13. The van der Waals surface area contributed by atoms with Gasteiger partial charge in [-0.1, -0.05) is 43.7 Å². The van der Waals surface area contributed by atoms with Gasteiger partial charge in [-0.05, 0) is 49.1 Å². The van der Waals surface area contributed by atoms with Crippen LogP contribution < -0.4 is 9.62 Å². The number of nitrogens with zero attached hydrogens (tertiary/aromatic N) is 3. The minimum absolute atomic E-state index is 0.156. The summed E-state index contributed by atoms with van der Waals surface area (Å²) in [7, 11) is -3.90. The van der Waals surface area contributed by atoms with Gasteiger partial charge >= 0.3 is 0 Å². The number of hydrogen-bond donors (Lipinski definition) is 1. The minimum atomic E-state index is -3.90. The summed E-state index contributed by atoms with van der Waals surface area (Å²) < 4.78 is 29.9. The summed E-state index contributed by atoms with van der Waals surface area (Å²) in [6, 6.07) is 14.0. The van der Waals surface area contributed by atoms with Crippen molar-refractivity contribution in [3.8, 4) is 0 Å². The predicted molar refractivity (Wildman–Crippen MR) is 126 cm³/mol. The molecule has 3 aromatic rings. The summed E-state index contributed by atoms with van der Waals surface area (Å²) in [6.07, 6.45) is 6.00. The number of amides is 1. The second-order valence-electron chi connectivity index (χ2n) is 8.07. The van der Waals surface area contributed by atoms with E-state index in [0.29, 0.717) is 18.2 Å². The zero-order valence-electron chi connectivity index (χ0n) is 18.7. The van der Waals surface area contributed by atoms with E-state index in [9.17, 15) is 13.2 Å². The zero-order valence-corrected chi connectivity index (χ0v) is 19.5. The van der Waals surface area contributed by atoms with E-state index in [0.717, 1.165) is 24.1 Å². The first-order valence-corrected chi connectivity index (χ1v) is 12.1.